The molecule has 5 heteroatoms. The Morgan fingerprint density at radius 2 is 2.00 bits per heavy atom. The van der Waals surface area contributed by atoms with E-state index in [1.54, 1.807) is 0 Å². The fraction of sp³-hybridized carbons (Fsp3) is 0.600. The van der Waals surface area contributed by atoms with Gasteiger partial charge in [-0.3, -0.25) is 0 Å². The zero-order chi connectivity index (χ0) is 14.4. The third-order valence-corrected chi connectivity index (χ3v) is 6.92. The summed E-state index contributed by atoms with van der Waals surface area (Å²) in [7, 11) is -3.10. The van der Waals surface area contributed by atoms with Gasteiger partial charge in [0.2, 0.25) is 0 Å². The van der Waals surface area contributed by atoms with Crippen LogP contribution in [-0.2, 0) is 21.9 Å². The molecule has 2 unspecified atom stereocenters. The molecule has 1 heterocycles. The van der Waals surface area contributed by atoms with Crippen molar-refractivity contribution in [2.75, 3.05) is 18.1 Å². The molecular weight excluding hydrogens is 274 g/mol. The van der Waals surface area contributed by atoms with Gasteiger partial charge in [0, 0.05) is 12.0 Å². The van der Waals surface area contributed by atoms with Crippen LogP contribution in [-0.4, -0.2) is 31.6 Å². The lowest BCUT2D eigenvalue weighted by Crippen LogP contribution is -2.53. The Morgan fingerprint density at radius 1 is 1.25 bits per heavy atom. The van der Waals surface area contributed by atoms with Crippen LogP contribution in [0.3, 0.4) is 0 Å². The Bertz CT molecular complexity index is 628. The second-order valence-corrected chi connectivity index (χ2v) is 8.38. The normalized spacial score (nSPS) is 35.7. The van der Waals surface area contributed by atoms with Gasteiger partial charge in [0.15, 0.2) is 9.84 Å². The molecule has 0 saturated carbocycles. The van der Waals surface area contributed by atoms with Gasteiger partial charge in [-0.25, -0.2) is 8.42 Å². The first-order valence-electron chi connectivity index (χ1n) is 7.14. The summed E-state index contributed by atoms with van der Waals surface area (Å²) < 4.78 is 23.9. The molecule has 3 N–H and O–H groups in total. The average Bonchev–Trinajstić information content (AvgIpc) is 2.77. The summed E-state index contributed by atoms with van der Waals surface area (Å²) in [5.41, 5.74) is 6.10. The fourth-order valence-corrected chi connectivity index (χ4v) is 6.12. The molecule has 3 rings (SSSR count). The SMILES string of the molecule is NCC1(C2(O)CCCc3ccccc32)CCS(=O)(=O)C1. The highest BCUT2D eigenvalue weighted by molar-refractivity contribution is 7.91. The van der Waals surface area contributed by atoms with Gasteiger partial charge < -0.3 is 10.8 Å². The van der Waals surface area contributed by atoms with Gasteiger partial charge in [-0.2, -0.15) is 0 Å². The Balaban J connectivity index is 2.13. The van der Waals surface area contributed by atoms with Crippen molar-refractivity contribution in [1.29, 1.82) is 0 Å². The molecule has 0 bridgehead atoms. The molecule has 4 nitrogen and oxygen atoms in total. The van der Waals surface area contributed by atoms with Crippen LogP contribution in [0.1, 0.15) is 30.4 Å². The average molecular weight is 295 g/mol. The van der Waals surface area contributed by atoms with Crippen LogP contribution in [0.2, 0.25) is 0 Å². The summed E-state index contributed by atoms with van der Waals surface area (Å²) in [5, 5.41) is 11.4. The molecule has 0 spiro atoms. The van der Waals surface area contributed by atoms with E-state index < -0.39 is 20.9 Å². The second kappa shape index (κ2) is 4.55. The minimum Gasteiger partial charge on any atom is -0.384 e. The van der Waals surface area contributed by atoms with Crippen LogP contribution in [0.25, 0.3) is 0 Å². The van der Waals surface area contributed by atoms with Gasteiger partial charge in [-0.15, -0.1) is 0 Å². The molecule has 1 saturated heterocycles. The molecule has 1 aromatic rings. The molecule has 110 valence electrons. The van der Waals surface area contributed by atoms with Crippen LogP contribution >= 0.6 is 0 Å². The van der Waals surface area contributed by atoms with Gasteiger partial charge >= 0.3 is 0 Å². The first kappa shape index (κ1) is 14.0. The summed E-state index contributed by atoms with van der Waals surface area (Å²) in [4.78, 5) is 0. The van der Waals surface area contributed by atoms with Crippen molar-refractivity contribution in [2.45, 2.75) is 31.3 Å². The predicted molar refractivity (Wildman–Crippen MR) is 78.0 cm³/mol. The molecular formula is C15H21NO3S. The van der Waals surface area contributed by atoms with Crippen LogP contribution in [0.15, 0.2) is 24.3 Å². The van der Waals surface area contributed by atoms with Gasteiger partial charge in [0.25, 0.3) is 0 Å². The molecule has 0 aromatic heterocycles. The van der Waals surface area contributed by atoms with E-state index in [1.165, 1.54) is 0 Å². The Labute approximate surface area is 119 Å². The summed E-state index contributed by atoms with van der Waals surface area (Å²) in [6.07, 6.45) is 2.86. The van der Waals surface area contributed by atoms with Gasteiger partial charge in [-0.1, -0.05) is 24.3 Å². The predicted octanol–water partition coefficient (Wildman–Crippen LogP) is 0.974. The van der Waals surface area contributed by atoms with Crippen LogP contribution < -0.4 is 5.73 Å². The number of aliphatic hydroxyl groups is 1. The van der Waals surface area contributed by atoms with Crippen molar-refractivity contribution in [2.24, 2.45) is 11.1 Å². The van der Waals surface area contributed by atoms with E-state index in [0.29, 0.717) is 12.8 Å². The standard InChI is InChI=1S/C15H21NO3S/c16-10-14(8-9-20(18,19)11-14)15(17)7-3-5-12-4-1-2-6-13(12)15/h1-2,4,6,17H,3,5,7-11,16H2. The Kier molecular flexibility index (Phi) is 3.19. The second-order valence-electron chi connectivity index (χ2n) is 6.20. The van der Waals surface area contributed by atoms with Crippen molar-refractivity contribution in [3.63, 3.8) is 0 Å². The number of benzene rings is 1. The van der Waals surface area contributed by atoms with Crippen molar-refractivity contribution < 1.29 is 13.5 Å². The van der Waals surface area contributed by atoms with E-state index in [0.717, 1.165) is 24.0 Å². The molecule has 1 fully saturated rings. The van der Waals surface area contributed by atoms with Crippen molar-refractivity contribution >= 4 is 9.84 Å². The summed E-state index contributed by atoms with van der Waals surface area (Å²) in [6.45, 7) is 0.205. The number of hydrogen-bond donors (Lipinski definition) is 2. The van der Waals surface area contributed by atoms with Gasteiger partial charge in [-0.05, 0) is 36.8 Å². The van der Waals surface area contributed by atoms with Crippen molar-refractivity contribution in [3.8, 4) is 0 Å². The Morgan fingerprint density at radius 3 is 2.65 bits per heavy atom. The maximum absolute atomic E-state index is 11.9. The molecule has 1 aromatic carbocycles. The number of hydrogen-bond acceptors (Lipinski definition) is 4. The number of rotatable bonds is 2. The third kappa shape index (κ3) is 1.91. The van der Waals surface area contributed by atoms with E-state index in [-0.39, 0.29) is 18.1 Å². The largest absolute Gasteiger partial charge is 0.384 e. The topological polar surface area (TPSA) is 80.4 Å². The summed E-state index contributed by atoms with van der Waals surface area (Å²) in [5.74, 6) is 0.135. The van der Waals surface area contributed by atoms with Gasteiger partial charge in [0.1, 0.15) is 0 Å². The first-order chi connectivity index (χ1) is 9.43. The lowest BCUT2D eigenvalue weighted by atomic mass is 9.62. The van der Waals surface area contributed by atoms with E-state index in [4.69, 9.17) is 5.73 Å². The third-order valence-electron chi connectivity index (χ3n) is 5.10. The fourth-order valence-electron chi connectivity index (χ4n) is 3.93. The van der Waals surface area contributed by atoms with Crippen molar-refractivity contribution in [1.82, 2.24) is 0 Å². The summed E-state index contributed by atoms with van der Waals surface area (Å²) >= 11 is 0. The number of fused-ring (bicyclic) bond motifs is 1. The summed E-state index contributed by atoms with van der Waals surface area (Å²) in [6, 6.07) is 7.82. The minimum absolute atomic E-state index is 0.00132. The highest BCUT2D eigenvalue weighted by atomic mass is 32.2. The minimum atomic E-state index is -3.10. The molecule has 1 aliphatic carbocycles. The van der Waals surface area contributed by atoms with E-state index >= 15 is 0 Å². The van der Waals surface area contributed by atoms with Crippen LogP contribution in [0.5, 0.6) is 0 Å². The molecule has 2 aliphatic rings. The number of sulfone groups is 1. The van der Waals surface area contributed by atoms with E-state index in [1.807, 2.05) is 24.3 Å². The first-order valence-corrected chi connectivity index (χ1v) is 8.96. The smallest absolute Gasteiger partial charge is 0.151 e. The highest BCUT2D eigenvalue weighted by Crippen LogP contribution is 2.52. The molecule has 0 radical (unpaired) electrons. The highest BCUT2D eigenvalue weighted by Gasteiger charge is 2.57. The zero-order valence-electron chi connectivity index (χ0n) is 11.5. The maximum Gasteiger partial charge on any atom is 0.151 e. The Hall–Kier alpha value is -0.910. The van der Waals surface area contributed by atoms with Crippen LogP contribution in [0.4, 0.5) is 0 Å². The zero-order valence-corrected chi connectivity index (χ0v) is 12.3. The van der Waals surface area contributed by atoms with E-state index in [2.05, 4.69) is 0 Å². The van der Waals surface area contributed by atoms with Crippen molar-refractivity contribution in [3.05, 3.63) is 35.4 Å². The maximum atomic E-state index is 11.9. The lowest BCUT2D eigenvalue weighted by Gasteiger charge is -2.47. The van der Waals surface area contributed by atoms with E-state index in [9.17, 15) is 13.5 Å². The van der Waals surface area contributed by atoms with Gasteiger partial charge in [0.05, 0.1) is 17.1 Å². The number of nitrogens with two attached hydrogens (primary N) is 1. The molecule has 0 amide bonds. The quantitative estimate of drug-likeness (QED) is 0.852. The lowest BCUT2D eigenvalue weighted by molar-refractivity contribution is -0.0875. The molecule has 1 aliphatic heterocycles. The molecule has 20 heavy (non-hydrogen) atoms. The monoisotopic (exact) mass is 295 g/mol. The van der Waals surface area contributed by atoms with Crippen LogP contribution in [0, 0.1) is 5.41 Å². The number of aryl methyl sites for hydroxylation is 1. The molecule has 2 atom stereocenters.